The fraction of sp³-hybridized carbons (Fsp3) is 0.0968. The Kier molecular flexibility index (Phi) is 6.90. The number of ether oxygens (including phenoxy) is 1. The van der Waals surface area contributed by atoms with Gasteiger partial charge >= 0.3 is 0 Å². The van der Waals surface area contributed by atoms with Crippen molar-refractivity contribution in [2.75, 3.05) is 0 Å². The van der Waals surface area contributed by atoms with Crippen LogP contribution in [-0.2, 0) is 24.5 Å². The summed E-state index contributed by atoms with van der Waals surface area (Å²) in [6, 6.07) is 34.8. The largest absolute Gasteiger partial charge is 0.489 e. The maximum absolute atomic E-state index is 13.5. The number of aromatic nitrogens is 1. The Labute approximate surface area is 210 Å². The van der Waals surface area contributed by atoms with Crippen LogP contribution in [0.4, 0.5) is 0 Å². The third-order valence-corrected chi connectivity index (χ3v) is 6.06. The molecule has 0 aliphatic rings. The number of rotatable bonds is 9. The maximum atomic E-state index is 13.5. The van der Waals surface area contributed by atoms with E-state index in [0.29, 0.717) is 36.4 Å². The predicted octanol–water partition coefficient (Wildman–Crippen LogP) is 6.16. The van der Waals surface area contributed by atoms with Crippen molar-refractivity contribution in [2.24, 2.45) is 0 Å². The summed E-state index contributed by atoms with van der Waals surface area (Å²) in [5.74, 6) is -0.453. The molecule has 0 aliphatic heterocycles. The van der Waals surface area contributed by atoms with Crippen LogP contribution in [0.5, 0.6) is 5.75 Å². The summed E-state index contributed by atoms with van der Waals surface area (Å²) >= 11 is 0. The number of fused-ring (bicyclic) bond motifs is 1. The number of nitrogens with zero attached hydrogens (tertiary/aromatic N) is 1. The van der Waals surface area contributed by atoms with Gasteiger partial charge in [0.1, 0.15) is 12.4 Å². The molecule has 0 spiro atoms. The van der Waals surface area contributed by atoms with E-state index in [2.05, 4.69) is 4.98 Å². The fourth-order valence-corrected chi connectivity index (χ4v) is 4.18. The lowest BCUT2D eigenvalue weighted by atomic mass is 10.1. The molecule has 5 aromatic rings. The molecule has 4 aromatic carbocycles. The first-order chi connectivity index (χ1) is 17.7. The van der Waals surface area contributed by atoms with E-state index in [0.717, 1.165) is 22.2 Å². The van der Waals surface area contributed by atoms with Gasteiger partial charge in [0.15, 0.2) is 0 Å². The monoisotopic (exact) mass is 474 g/mol. The number of Topliss-reactive ketones (excluding diaryl/α,β-unsaturated/α-hetero) is 1. The van der Waals surface area contributed by atoms with E-state index in [4.69, 9.17) is 4.74 Å². The molecule has 5 rings (SSSR count). The highest BCUT2D eigenvalue weighted by atomic mass is 16.5. The van der Waals surface area contributed by atoms with E-state index >= 15 is 0 Å². The molecule has 1 aromatic heterocycles. The highest BCUT2D eigenvalue weighted by Gasteiger charge is 2.26. The van der Waals surface area contributed by atoms with Crippen molar-refractivity contribution in [3.63, 3.8) is 0 Å². The standard InChI is InChI=1S/C31H26N2O3/c34-30(31(35)33(20-23-10-4-1-5-11-23)21-24-12-6-2-7-13-24)28-19-32-29-17-16-26(18-27(28)29)36-22-25-14-8-3-9-15-25/h1-19,32H,20-22H2. The normalized spacial score (nSPS) is 10.8. The molecule has 0 atom stereocenters. The number of carbonyl (C=O) groups excluding carboxylic acids is 2. The van der Waals surface area contributed by atoms with Gasteiger partial charge in [-0.3, -0.25) is 9.59 Å². The number of hydrogen-bond donors (Lipinski definition) is 1. The summed E-state index contributed by atoms with van der Waals surface area (Å²) in [7, 11) is 0. The zero-order valence-electron chi connectivity index (χ0n) is 19.8. The van der Waals surface area contributed by atoms with Gasteiger partial charge in [0, 0.05) is 30.2 Å². The molecule has 5 heteroatoms. The zero-order chi connectivity index (χ0) is 24.7. The summed E-state index contributed by atoms with van der Waals surface area (Å²) in [4.78, 5) is 31.7. The molecule has 0 saturated heterocycles. The van der Waals surface area contributed by atoms with E-state index in [-0.39, 0.29) is 0 Å². The van der Waals surface area contributed by atoms with Crippen molar-refractivity contribution in [3.05, 3.63) is 138 Å². The summed E-state index contributed by atoms with van der Waals surface area (Å²) in [5.41, 5.74) is 4.09. The summed E-state index contributed by atoms with van der Waals surface area (Å²) in [5, 5.41) is 0.665. The smallest absolute Gasteiger partial charge is 0.295 e. The second kappa shape index (κ2) is 10.7. The molecule has 1 heterocycles. The fourth-order valence-electron chi connectivity index (χ4n) is 4.18. The third kappa shape index (κ3) is 5.36. The molecule has 1 amide bonds. The highest BCUT2D eigenvalue weighted by molar-refractivity contribution is 6.44. The second-order valence-electron chi connectivity index (χ2n) is 8.65. The molecule has 0 aliphatic carbocycles. The molecule has 5 nitrogen and oxygen atoms in total. The average molecular weight is 475 g/mol. The molecule has 0 unspecified atom stereocenters. The minimum Gasteiger partial charge on any atom is -0.489 e. The van der Waals surface area contributed by atoms with Gasteiger partial charge in [-0.05, 0) is 34.9 Å². The minimum atomic E-state index is -0.548. The Morgan fingerprint density at radius 1 is 0.694 bits per heavy atom. The maximum Gasteiger partial charge on any atom is 0.295 e. The van der Waals surface area contributed by atoms with E-state index in [1.54, 1.807) is 11.1 Å². The van der Waals surface area contributed by atoms with Gasteiger partial charge in [-0.1, -0.05) is 91.0 Å². The first-order valence-electron chi connectivity index (χ1n) is 11.9. The van der Waals surface area contributed by atoms with Crippen LogP contribution in [0.25, 0.3) is 10.9 Å². The van der Waals surface area contributed by atoms with Gasteiger partial charge in [0.05, 0.1) is 5.56 Å². The van der Waals surface area contributed by atoms with E-state index < -0.39 is 11.7 Å². The first kappa shape index (κ1) is 23.1. The van der Waals surface area contributed by atoms with Gasteiger partial charge < -0.3 is 14.6 Å². The Morgan fingerprint density at radius 2 is 1.25 bits per heavy atom. The molecule has 178 valence electrons. The first-order valence-corrected chi connectivity index (χ1v) is 11.9. The Hall–Kier alpha value is -4.64. The quantitative estimate of drug-likeness (QED) is 0.206. The Morgan fingerprint density at radius 3 is 1.83 bits per heavy atom. The van der Waals surface area contributed by atoms with Crippen LogP contribution in [-0.4, -0.2) is 21.6 Å². The van der Waals surface area contributed by atoms with E-state index in [1.165, 1.54) is 0 Å². The van der Waals surface area contributed by atoms with Gasteiger partial charge in [0.25, 0.3) is 11.7 Å². The lowest BCUT2D eigenvalue weighted by Crippen LogP contribution is -2.35. The van der Waals surface area contributed by atoms with Crippen LogP contribution < -0.4 is 4.74 Å². The molecule has 36 heavy (non-hydrogen) atoms. The van der Waals surface area contributed by atoms with Gasteiger partial charge in [-0.15, -0.1) is 0 Å². The number of carbonyl (C=O) groups is 2. The predicted molar refractivity (Wildman–Crippen MR) is 141 cm³/mol. The summed E-state index contributed by atoms with van der Waals surface area (Å²) in [6.07, 6.45) is 1.61. The summed E-state index contributed by atoms with van der Waals surface area (Å²) < 4.78 is 5.95. The average Bonchev–Trinajstić information content (AvgIpc) is 3.36. The SMILES string of the molecule is O=C(C(=O)N(Cc1ccccc1)Cc1ccccc1)c1c[nH]c2ccc(OCc3ccccc3)cc12. The Bertz CT molecular complexity index is 1420. The third-order valence-electron chi connectivity index (χ3n) is 6.06. The number of aromatic amines is 1. The van der Waals surface area contributed by atoms with Gasteiger partial charge in [-0.25, -0.2) is 0 Å². The van der Waals surface area contributed by atoms with Crippen molar-refractivity contribution in [1.82, 2.24) is 9.88 Å². The number of benzene rings is 4. The summed E-state index contributed by atoms with van der Waals surface area (Å²) in [6.45, 7) is 1.10. The van der Waals surface area contributed by atoms with Crippen molar-refractivity contribution in [2.45, 2.75) is 19.7 Å². The molecular formula is C31H26N2O3. The number of nitrogens with one attached hydrogen (secondary N) is 1. The van der Waals surface area contributed by atoms with Crippen LogP contribution in [0.1, 0.15) is 27.0 Å². The van der Waals surface area contributed by atoms with Crippen LogP contribution in [0.2, 0.25) is 0 Å². The molecule has 0 bridgehead atoms. The molecular weight excluding hydrogens is 448 g/mol. The van der Waals surface area contributed by atoms with E-state index in [9.17, 15) is 9.59 Å². The molecule has 1 N–H and O–H groups in total. The van der Waals surface area contributed by atoms with Crippen molar-refractivity contribution >= 4 is 22.6 Å². The van der Waals surface area contributed by atoms with Crippen LogP contribution in [0.3, 0.4) is 0 Å². The highest BCUT2D eigenvalue weighted by Crippen LogP contribution is 2.26. The van der Waals surface area contributed by atoms with Gasteiger partial charge in [-0.2, -0.15) is 0 Å². The lowest BCUT2D eigenvalue weighted by molar-refractivity contribution is -0.127. The van der Waals surface area contributed by atoms with Crippen molar-refractivity contribution in [1.29, 1.82) is 0 Å². The van der Waals surface area contributed by atoms with E-state index in [1.807, 2.05) is 109 Å². The topological polar surface area (TPSA) is 62.4 Å². The molecule has 0 saturated carbocycles. The second-order valence-corrected chi connectivity index (χ2v) is 8.65. The lowest BCUT2D eigenvalue weighted by Gasteiger charge is -2.22. The molecule has 0 radical (unpaired) electrons. The molecule has 0 fully saturated rings. The van der Waals surface area contributed by atoms with Gasteiger partial charge in [0.2, 0.25) is 0 Å². The Balaban J connectivity index is 1.39. The van der Waals surface area contributed by atoms with Crippen molar-refractivity contribution in [3.8, 4) is 5.75 Å². The van der Waals surface area contributed by atoms with Crippen LogP contribution in [0.15, 0.2) is 115 Å². The number of amides is 1. The minimum absolute atomic E-state index is 0.339. The zero-order valence-corrected chi connectivity index (χ0v) is 19.8. The van der Waals surface area contributed by atoms with Crippen molar-refractivity contribution < 1.29 is 14.3 Å². The van der Waals surface area contributed by atoms with Crippen LogP contribution in [0, 0.1) is 0 Å². The number of hydrogen-bond acceptors (Lipinski definition) is 3. The van der Waals surface area contributed by atoms with Crippen LogP contribution >= 0.6 is 0 Å². The number of ketones is 1. The number of H-pyrrole nitrogens is 1.